The minimum absolute atomic E-state index is 0.141. The van der Waals surface area contributed by atoms with Gasteiger partial charge >= 0.3 is 0 Å². The van der Waals surface area contributed by atoms with Crippen LogP contribution in [0.2, 0.25) is 0 Å². The van der Waals surface area contributed by atoms with E-state index < -0.39 is 0 Å². The highest BCUT2D eigenvalue weighted by Gasteiger charge is 2.19. The van der Waals surface area contributed by atoms with E-state index in [-0.39, 0.29) is 5.91 Å². The Kier molecular flexibility index (Phi) is 5.24. The molecule has 5 nitrogen and oxygen atoms in total. The number of nitrogen functional groups attached to an aromatic ring is 1. The first-order valence-electron chi connectivity index (χ1n) is 8.82. The zero-order valence-electron chi connectivity index (χ0n) is 15.0. The fourth-order valence-corrected chi connectivity index (χ4v) is 3.26. The predicted molar refractivity (Wildman–Crippen MR) is 104 cm³/mol. The number of benzene rings is 2. The molecule has 132 valence electrons. The summed E-state index contributed by atoms with van der Waals surface area (Å²) >= 11 is 0. The summed E-state index contributed by atoms with van der Waals surface area (Å²) in [7, 11) is 0. The summed E-state index contributed by atoms with van der Waals surface area (Å²) in [6, 6.07) is 13.1. The van der Waals surface area contributed by atoms with E-state index in [4.69, 9.17) is 5.73 Å². The van der Waals surface area contributed by atoms with Crippen LogP contribution in [0.25, 0.3) is 0 Å². The Balaban J connectivity index is 1.80. The lowest BCUT2D eigenvalue weighted by atomic mass is 10.1. The Morgan fingerprint density at radius 3 is 2.44 bits per heavy atom. The van der Waals surface area contributed by atoms with Gasteiger partial charge in [-0.15, -0.1) is 0 Å². The van der Waals surface area contributed by atoms with Gasteiger partial charge in [-0.2, -0.15) is 0 Å². The van der Waals surface area contributed by atoms with Crippen LogP contribution in [0.3, 0.4) is 0 Å². The van der Waals surface area contributed by atoms with E-state index in [1.54, 1.807) is 12.1 Å². The average molecular weight is 338 g/mol. The van der Waals surface area contributed by atoms with E-state index >= 15 is 0 Å². The Bertz CT molecular complexity index is 737. The van der Waals surface area contributed by atoms with Crippen molar-refractivity contribution in [1.82, 2.24) is 4.90 Å². The SMILES string of the molecule is CCN1CCN(c2cc(NC(=O)c3ccccc3)c(N)cc2C)CC1. The van der Waals surface area contributed by atoms with Crippen LogP contribution in [0, 0.1) is 6.92 Å². The fourth-order valence-electron chi connectivity index (χ4n) is 3.26. The summed E-state index contributed by atoms with van der Waals surface area (Å²) in [6.45, 7) is 9.46. The van der Waals surface area contributed by atoms with E-state index in [0.29, 0.717) is 16.9 Å². The van der Waals surface area contributed by atoms with E-state index in [0.717, 1.165) is 44.0 Å². The summed E-state index contributed by atoms with van der Waals surface area (Å²) in [6.07, 6.45) is 0. The van der Waals surface area contributed by atoms with Gasteiger partial charge in [0.05, 0.1) is 11.4 Å². The zero-order valence-corrected chi connectivity index (χ0v) is 15.0. The number of amides is 1. The minimum atomic E-state index is -0.141. The number of nitrogens with zero attached hydrogens (tertiary/aromatic N) is 2. The Morgan fingerprint density at radius 1 is 1.12 bits per heavy atom. The van der Waals surface area contributed by atoms with E-state index in [2.05, 4.69) is 29.0 Å². The molecule has 0 aliphatic carbocycles. The van der Waals surface area contributed by atoms with E-state index in [1.165, 1.54) is 0 Å². The van der Waals surface area contributed by atoms with Crippen molar-refractivity contribution < 1.29 is 4.79 Å². The van der Waals surface area contributed by atoms with E-state index in [1.807, 2.05) is 30.3 Å². The number of likely N-dealkylation sites (N-methyl/N-ethyl adjacent to an activating group) is 1. The van der Waals surface area contributed by atoms with Gasteiger partial charge in [0, 0.05) is 37.4 Å². The predicted octanol–water partition coefficient (Wildman–Crippen LogP) is 2.97. The molecule has 0 radical (unpaired) electrons. The van der Waals surface area contributed by atoms with Crippen molar-refractivity contribution >= 4 is 23.0 Å². The Labute approximate surface area is 149 Å². The van der Waals surface area contributed by atoms with Crippen LogP contribution >= 0.6 is 0 Å². The number of hydrogen-bond donors (Lipinski definition) is 2. The summed E-state index contributed by atoms with van der Waals surface area (Å²) < 4.78 is 0. The van der Waals surface area contributed by atoms with Gasteiger partial charge < -0.3 is 20.9 Å². The van der Waals surface area contributed by atoms with Crippen molar-refractivity contribution in [2.24, 2.45) is 0 Å². The molecule has 1 fully saturated rings. The molecule has 2 aromatic rings. The quantitative estimate of drug-likeness (QED) is 0.842. The highest BCUT2D eigenvalue weighted by Crippen LogP contribution is 2.30. The molecule has 0 atom stereocenters. The van der Waals surface area contributed by atoms with Crippen LogP contribution in [0.15, 0.2) is 42.5 Å². The second-order valence-corrected chi connectivity index (χ2v) is 6.47. The van der Waals surface area contributed by atoms with Gasteiger partial charge in [-0.25, -0.2) is 0 Å². The van der Waals surface area contributed by atoms with Gasteiger partial charge in [-0.05, 0) is 43.3 Å². The largest absolute Gasteiger partial charge is 0.397 e. The number of hydrogen-bond acceptors (Lipinski definition) is 4. The van der Waals surface area contributed by atoms with Crippen molar-refractivity contribution in [2.75, 3.05) is 48.7 Å². The molecular formula is C20H26N4O. The van der Waals surface area contributed by atoms with Crippen molar-refractivity contribution in [3.8, 4) is 0 Å². The maximum Gasteiger partial charge on any atom is 0.255 e. The number of nitrogens with two attached hydrogens (primary N) is 1. The summed E-state index contributed by atoms with van der Waals surface area (Å²) in [4.78, 5) is 17.3. The highest BCUT2D eigenvalue weighted by molar-refractivity contribution is 6.06. The van der Waals surface area contributed by atoms with Crippen LogP contribution in [-0.2, 0) is 0 Å². The molecule has 0 unspecified atom stereocenters. The number of piperazine rings is 1. The number of carbonyl (C=O) groups is 1. The Hall–Kier alpha value is -2.53. The lowest BCUT2D eigenvalue weighted by Crippen LogP contribution is -2.46. The van der Waals surface area contributed by atoms with Crippen LogP contribution < -0.4 is 16.0 Å². The van der Waals surface area contributed by atoms with Crippen molar-refractivity contribution in [3.63, 3.8) is 0 Å². The fraction of sp³-hybridized carbons (Fsp3) is 0.350. The molecule has 0 spiro atoms. The van der Waals surface area contributed by atoms with Crippen LogP contribution in [0.4, 0.5) is 17.1 Å². The van der Waals surface area contributed by atoms with Gasteiger partial charge in [0.25, 0.3) is 5.91 Å². The second-order valence-electron chi connectivity index (χ2n) is 6.47. The summed E-state index contributed by atoms with van der Waals surface area (Å²) in [5.41, 5.74) is 10.3. The molecule has 1 aliphatic rings. The first-order chi connectivity index (χ1) is 12.1. The van der Waals surface area contributed by atoms with Crippen LogP contribution in [-0.4, -0.2) is 43.5 Å². The van der Waals surface area contributed by atoms with E-state index in [9.17, 15) is 4.79 Å². The van der Waals surface area contributed by atoms with Crippen molar-refractivity contribution in [2.45, 2.75) is 13.8 Å². The molecule has 1 aliphatic heterocycles. The number of nitrogens with one attached hydrogen (secondary N) is 1. The minimum Gasteiger partial charge on any atom is -0.397 e. The first-order valence-corrected chi connectivity index (χ1v) is 8.82. The topological polar surface area (TPSA) is 61.6 Å². The molecule has 3 rings (SSSR count). The third kappa shape index (κ3) is 3.94. The number of aryl methyl sites for hydroxylation is 1. The highest BCUT2D eigenvalue weighted by atomic mass is 16.1. The molecule has 0 bridgehead atoms. The third-order valence-electron chi connectivity index (χ3n) is 4.81. The maximum atomic E-state index is 12.4. The molecule has 0 saturated carbocycles. The van der Waals surface area contributed by atoms with Crippen molar-refractivity contribution in [1.29, 1.82) is 0 Å². The molecule has 1 saturated heterocycles. The lowest BCUT2D eigenvalue weighted by molar-refractivity contribution is 0.102. The van der Waals surface area contributed by atoms with Crippen molar-refractivity contribution in [3.05, 3.63) is 53.6 Å². The van der Waals surface area contributed by atoms with Gasteiger partial charge in [0.2, 0.25) is 0 Å². The maximum absolute atomic E-state index is 12.4. The second kappa shape index (κ2) is 7.57. The van der Waals surface area contributed by atoms with Gasteiger partial charge in [0.1, 0.15) is 0 Å². The smallest absolute Gasteiger partial charge is 0.255 e. The molecule has 2 aromatic carbocycles. The molecule has 25 heavy (non-hydrogen) atoms. The summed E-state index contributed by atoms with van der Waals surface area (Å²) in [5, 5.41) is 2.95. The van der Waals surface area contributed by atoms with Gasteiger partial charge in [-0.1, -0.05) is 25.1 Å². The lowest BCUT2D eigenvalue weighted by Gasteiger charge is -2.36. The molecule has 1 amide bonds. The van der Waals surface area contributed by atoms with Crippen LogP contribution in [0.1, 0.15) is 22.8 Å². The summed E-state index contributed by atoms with van der Waals surface area (Å²) in [5.74, 6) is -0.141. The van der Waals surface area contributed by atoms with Gasteiger partial charge in [-0.3, -0.25) is 4.79 Å². The third-order valence-corrected chi connectivity index (χ3v) is 4.81. The molecule has 3 N–H and O–H groups in total. The Morgan fingerprint density at radius 2 is 1.80 bits per heavy atom. The van der Waals surface area contributed by atoms with Gasteiger partial charge in [0.15, 0.2) is 0 Å². The molecular weight excluding hydrogens is 312 g/mol. The monoisotopic (exact) mass is 338 g/mol. The first kappa shape index (κ1) is 17.3. The standard InChI is InChI=1S/C20H26N4O/c1-3-23-9-11-24(12-10-23)19-14-18(17(21)13-15(19)2)22-20(25)16-7-5-4-6-8-16/h4-8,13-14H,3,9-12,21H2,1-2H3,(H,22,25). The number of anilines is 3. The average Bonchev–Trinajstić information content (AvgIpc) is 2.64. The molecule has 1 heterocycles. The number of carbonyl (C=O) groups excluding carboxylic acids is 1. The van der Waals surface area contributed by atoms with Crippen LogP contribution in [0.5, 0.6) is 0 Å². The molecule has 0 aromatic heterocycles. The number of rotatable bonds is 4. The molecule has 5 heteroatoms. The normalized spacial score (nSPS) is 15.2. The zero-order chi connectivity index (χ0) is 17.8.